The van der Waals surface area contributed by atoms with E-state index in [1.54, 1.807) is 45.0 Å². The molecule has 1 unspecified atom stereocenters. The standard InChI is InChI=1S/C16H20ClN5O4/c1-16(2,3)25-15(24)19-11(8-12(23)21-18)14-20-13(22-26-14)9-5-4-6-10(17)7-9/h4-7,11H,8,18H2,1-3H3,(H,19,24)(H,21,23). The largest absolute Gasteiger partial charge is 0.444 e. The minimum atomic E-state index is -0.908. The van der Waals surface area contributed by atoms with Gasteiger partial charge in [-0.15, -0.1) is 0 Å². The van der Waals surface area contributed by atoms with E-state index < -0.39 is 23.6 Å². The highest BCUT2D eigenvalue weighted by molar-refractivity contribution is 6.30. The van der Waals surface area contributed by atoms with Crippen molar-refractivity contribution in [1.29, 1.82) is 0 Å². The van der Waals surface area contributed by atoms with Crippen LogP contribution in [0, 0.1) is 0 Å². The fraction of sp³-hybridized carbons (Fsp3) is 0.375. The Hall–Kier alpha value is -2.65. The number of nitrogens with zero attached hydrogens (tertiary/aromatic N) is 2. The van der Waals surface area contributed by atoms with E-state index in [4.69, 9.17) is 26.7 Å². The van der Waals surface area contributed by atoms with Crippen molar-refractivity contribution in [2.45, 2.75) is 38.8 Å². The minimum absolute atomic E-state index is 0.0365. The van der Waals surface area contributed by atoms with E-state index in [0.717, 1.165) is 0 Å². The smallest absolute Gasteiger partial charge is 0.408 e. The van der Waals surface area contributed by atoms with Gasteiger partial charge >= 0.3 is 6.09 Å². The average molecular weight is 382 g/mol. The summed E-state index contributed by atoms with van der Waals surface area (Å²) in [6.45, 7) is 5.16. The number of carbonyl (C=O) groups is 2. The average Bonchev–Trinajstić information content (AvgIpc) is 3.02. The molecule has 1 aromatic carbocycles. The van der Waals surface area contributed by atoms with Crippen molar-refractivity contribution < 1.29 is 18.8 Å². The first kappa shape index (κ1) is 19.7. The van der Waals surface area contributed by atoms with Crippen molar-refractivity contribution in [1.82, 2.24) is 20.9 Å². The van der Waals surface area contributed by atoms with Crippen LogP contribution in [0.25, 0.3) is 11.4 Å². The Bertz CT molecular complexity index is 787. The van der Waals surface area contributed by atoms with Crippen molar-refractivity contribution in [3.8, 4) is 11.4 Å². The number of rotatable bonds is 5. The highest BCUT2D eigenvalue weighted by atomic mass is 35.5. The summed E-state index contributed by atoms with van der Waals surface area (Å²) in [5.41, 5.74) is 1.92. The molecule has 1 heterocycles. The summed E-state index contributed by atoms with van der Waals surface area (Å²) in [5.74, 6) is 4.91. The lowest BCUT2D eigenvalue weighted by Crippen LogP contribution is -2.39. The fourth-order valence-corrected chi connectivity index (χ4v) is 2.21. The maximum Gasteiger partial charge on any atom is 0.408 e. The van der Waals surface area contributed by atoms with Crippen LogP contribution in [0.4, 0.5) is 4.79 Å². The third-order valence-electron chi connectivity index (χ3n) is 3.06. The van der Waals surface area contributed by atoms with E-state index in [9.17, 15) is 9.59 Å². The van der Waals surface area contributed by atoms with E-state index in [1.165, 1.54) is 0 Å². The molecule has 2 aromatic rings. The van der Waals surface area contributed by atoms with Crippen LogP contribution in [0.5, 0.6) is 0 Å². The summed E-state index contributed by atoms with van der Waals surface area (Å²) in [7, 11) is 0. The Morgan fingerprint density at radius 3 is 2.73 bits per heavy atom. The molecule has 2 amide bonds. The zero-order valence-electron chi connectivity index (χ0n) is 14.6. The molecule has 0 bridgehead atoms. The molecule has 0 saturated carbocycles. The Kier molecular flexibility index (Phi) is 6.17. The number of nitrogens with one attached hydrogen (secondary N) is 2. The number of amides is 2. The first-order valence-electron chi connectivity index (χ1n) is 7.76. The van der Waals surface area contributed by atoms with Crippen molar-refractivity contribution in [3.05, 3.63) is 35.2 Å². The lowest BCUT2D eigenvalue weighted by Gasteiger charge is -2.21. The lowest BCUT2D eigenvalue weighted by molar-refractivity contribution is -0.121. The van der Waals surface area contributed by atoms with Gasteiger partial charge in [-0.25, -0.2) is 10.6 Å². The van der Waals surface area contributed by atoms with Gasteiger partial charge in [-0.3, -0.25) is 10.2 Å². The Labute approximate surface area is 155 Å². The quantitative estimate of drug-likeness (QED) is 0.411. The molecule has 4 N–H and O–H groups in total. The predicted octanol–water partition coefficient (Wildman–Crippen LogP) is 2.34. The van der Waals surface area contributed by atoms with Crippen molar-refractivity contribution >= 4 is 23.6 Å². The summed E-state index contributed by atoms with van der Waals surface area (Å²) >= 11 is 5.96. The zero-order chi connectivity index (χ0) is 19.3. The Balaban J connectivity index is 2.22. The third-order valence-corrected chi connectivity index (χ3v) is 3.30. The van der Waals surface area contributed by atoms with Gasteiger partial charge < -0.3 is 14.6 Å². The van der Waals surface area contributed by atoms with Crippen LogP contribution in [0.2, 0.25) is 5.02 Å². The maximum atomic E-state index is 12.0. The number of nitrogens with two attached hydrogens (primary N) is 1. The molecule has 0 aliphatic rings. The van der Waals surface area contributed by atoms with Gasteiger partial charge in [0.05, 0.1) is 6.42 Å². The van der Waals surface area contributed by atoms with Crippen LogP contribution in [-0.2, 0) is 9.53 Å². The van der Waals surface area contributed by atoms with Crippen LogP contribution in [0.3, 0.4) is 0 Å². The minimum Gasteiger partial charge on any atom is -0.444 e. The van der Waals surface area contributed by atoms with E-state index in [1.807, 2.05) is 5.43 Å². The van der Waals surface area contributed by atoms with Crippen molar-refractivity contribution in [3.63, 3.8) is 0 Å². The summed E-state index contributed by atoms with van der Waals surface area (Å²) in [6, 6.07) is 5.97. The second-order valence-corrected chi connectivity index (χ2v) is 6.87. The number of hydrazine groups is 1. The van der Waals surface area contributed by atoms with Gasteiger partial charge in [-0.2, -0.15) is 4.98 Å². The maximum absolute atomic E-state index is 12.0. The first-order chi connectivity index (χ1) is 12.2. The molecule has 0 radical (unpaired) electrons. The molecular formula is C16H20ClN5O4. The molecule has 0 saturated heterocycles. The van der Waals surface area contributed by atoms with E-state index >= 15 is 0 Å². The Morgan fingerprint density at radius 2 is 2.12 bits per heavy atom. The number of benzene rings is 1. The van der Waals surface area contributed by atoms with E-state index in [2.05, 4.69) is 15.5 Å². The fourth-order valence-electron chi connectivity index (χ4n) is 2.02. The summed E-state index contributed by atoms with van der Waals surface area (Å²) < 4.78 is 10.4. The summed E-state index contributed by atoms with van der Waals surface area (Å²) in [6.07, 6.45) is -0.928. The number of alkyl carbamates (subject to hydrolysis) is 1. The highest BCUT2D eigenvalue weighted by Crippen LogP contribution is 2.23. The molecule has 26 heavy (non-hydrogen) atoms. The van der Waals surface area contributed by atoms with Gasteiger partial charge in [0.25, 0.3) is 0 Å². The van der Waals surface area contributed by atoms with Gasteiger partial charge in [0, 0.05) is 10.6 Å². The molecule has 0 spiro atoms. The number of ether oxygens (including phenoxy) is 1. The monoisotopic (exact) mass is 381 g/mol. The number of carbonyl (C=O) groups excluding carboxylic acids is 2. The normalized spacial score (nSPS) is 12.3. The van der Waals surface area contributed by atoms with E-state index in [-0.39, 0.29) is 18.1 Å². The molecule has 140 valence electrons. The zero-order valence-corrected chi connectivity index (χ0v) is 15.3. The topological polar surface area (TPSA) is 132 Å². The van der Waals surface area contributed by atoms with Crippen molar-refractivity contribution in [2.24, 2.45) is 5.84 Å². The summed E-state index contributed by atoms with van der Waals surface area (Å²) in [4.78, 5) is 27.9. The lowest BCUT2D eigenvalue weighted by atomic mass is 10.2. The van der Waals surface area contributed by atoms with Crippen LogP contribution >= 0.6 is 11.6 Å². The van der Waals surface area contributed by atoms with Gasteiger partial charge in [0.15, 0.2) is 0 Å². The molecule has 10 heteroatoms. The molecule has 0 fully saturated rings. The first-order valence-corrected chi connectivity index (χ1v) is 8.14. The van der Waals surface area contributed by atoms with Gasteiger partial charge in [-0.1, -0.05) is 28.9 Å². The number of hydrogen-bond donors (Lipinski definition) is 3. The Morgan fingerprint density at radius 1 is 1.38 bits per heavy atom. The number of halogens is 1. The highest BCUT2D eigenvalue weighted by Gasteiger charge is 2.27. The molecule has 0 aliphatic carbocycles. The van der Waals surface area contributed by atoms with Crippen LogP contribution in [0.1, 0.15) is 39.1 Å². The van der Waals surface area contributed by atoms with Gasteiger partial charge in [0.2, 0.25) is 17.6 Å². The second kappa shape index (κ2) is 8.15. The van der Waals surface area contributed by atoms with Gasteiger partial charge in [0.1, 0.15) is 11.6 Å². The molecule has 1 aromatic heterocycles. The van der Waals surface area contributed by atoms with Crippen LogP contribution in [-0.4, -0.2) is 27.7 Å². The van der Waals surface area contributed by atoms with Crippen LogP contribution < -0.4 is 16.6 Å². The third kappa shape index (κ3) is 5.71. The number of aromatic nitrogens is 2. The molecular weight excluding hydrogens is 362 g/mol. The molecule has 2 rings (SSSR count). The van der Waals surface area contributed by atoms with Crippen LogP contribution in [0.15, 0.2) is 28.8 Å². The van der Waals surface area contributed by atoms with Gasteiger partial charge in [-0.05, 0) is 32.9 Å². The molecule has 0 aliphatic heterocycles. The predicted molar refractivity (Wildman–Crippen MR) is 93.8 cm³/mol. The molecule has 1 atom stereocenters. The van der Waals surface area contributed by atoms with E-state index in [0.29, 0.717) is 10.6 Å². The SMILES string of the molecule is CC(C)(C)OC(=O)NC(CC(=O)NN)c1nc(-c2cccc(Cl)c2)no1. The number of hydrogen-bond acceptors (Lipinski definition) is 7. The second-order valence-electron chi connectivity index (χ2n) is 6.44. The molecule has 9 nitrogen and oxygen atoms in total. The van der Waals surface area contributed by atoms with Crippen molar-refractivity contribution in [2.75, 3.05) is 0 Å². The summed E-state index contributed by atoms with van der Waals surface area (Å²) in [5, 5.41) is 6.91.